The Morgan fingerprint density at radius 1 is 0.976 bits per heavy atom. The highest BCUT2D eigenvalue weighted by molar-refractivity contribution is 14.1. The van der Waals surface area contributed by atoms with Crippen molar-refractivity contribution in [3.63, 3.8) is 0 Å². The molecule has 0 heterocycles. The molecule has 0 aliphatic rings. The maximum absolute atomic E-state index is 13.2. The van der Waals surface area contributed by atoms with Crippen molar-refractivity contribution in [3.8, 4) is 11.5 Å². The van der Waals surface area contributed by atoms with E-state index in [0.717, 1.165) is 19.2 Å². The number of hydrogen-bond acceptors (Lipinski definition) is 6. The maximum Gasteiger partial charge on any atom is 0.258 e. The van der Waals surface area contributed by atoms with Gasteiger partial charge >= 0.3 is 0 Å². The zero-order chi connectivity index (χ0) is 30.1. The van der Waals surface area contributed by atoms with Crippen LogP contribution < -0.4 is 19.6 Å². The molecule has 0 aliphatic carbocycles. The van der Waals surface area contributed by atoms with Crippen LogP contribution in [0.3, 0.4) is 0 Å². The average Bonchev–Trinajstić information content (AvgIpc) is 2.97. The Kier molecular flexibility index (Phi) is 11.6. The number of amides is 1. The number of benzene rings is 4. The average molecular weight is 827 g/mol. The van der Waals surface area contributed by atoms with Gasteiger partial charge in [-0.25, -0.2) is 13.8 Å². The van der Waals surface area contributed by atoms with Crippen molar-refractivity contribution in [2.45, 2.75) is 24.0 Å². The van der Waals surface area contributed by atoms with Crippen molar-refractivity contribution in [1.82, 2.24) is 10.1 Å². The van der Waals surface area contributed by atoms with E-state index in [9.17, 15) is 13.2 Å². The number of carbonyl (C=O) groups excluding carboxylic acids is 1. The van der Waals surface area contributed by atoms with Gasteiger partial charge in [0.15, 0.2) is 11.5 Å². The van der Waals surface area contributed by atoms with Gasteiger partial charge in [-0.3, -0.25) is 4.79 Å². The zero-order valence-corrected chi connectivity index (χ0v) is 28.4. The van der Waals surface area contributed by atoms with E-state index >= 15 is 0 Å². The summed E-state index contributed by atoms with van der Waals surface area (Å²) in [5.41, 5.74) is 4.87. The van der Waals surface area contributed by atoms with Gasteiger partial charge in [0.1, 0.15) is 12.6 Å². The van der Waals surface area contributed by atoms with E-state index in [1.807, 2.05) is 54.6 Å². The predicted octanol–water partition coefficient (Wildman–Crippen LogP) is 6.44. The van der Waals surface area contributed by atoms with E-state index in [1.165, 1.54) is 25.5 Å². The minimum absolute atomic E-state index is 0.0664. The van der Waals surface area contributed by atoms with Gasteiger partial charge in [0.25, 0.3) is 5.91 Å². The van der Waals surface area contributed by atoms with Crippen molar-refractivity contribution in [1.29, 1.82) is 0 Å². The number of carbonyl (C=O) groups is 1. The van der Waals surface area contributed by atoms with E-state index in [-0.39, 0.29) is 11.3 Å². The molecule has 4 aromatic rings. The summed E-state index contributed by atoms with van der Waals surface area (Å²) in [5, 5.41) is 4.08. The second-order valence-electron chi connectivity index (χ2n) is 9.00. The van der Waals surface area contributed by atoms with Crippen molar-refractivity contribution in [2.24, 2.45) is 5.10 Å². The number of methoxy groups -OCH3 is 1. The SMILES string of the molecule is COc1cc(/C=N\NC(=O)[C@@H](Cc2ccccc2)NS(=O)(=O)c2ccc(I)cc2)cc(Br)c1OCc1ccc(Br)cc1. The summed E-state index contributed by atoms with van der Waals surface area (Å²) in [6, 6.07) is 25.7. The molecular formula is C30H26Br2IN3O5S. The number of halogens is 3. The molecule has 0 bridgehead atoms. The van der Waals surface area contributed by atoms with Crippen LogP contribution >= 0.6 is 54.5 Å². The number of rotatable bonds is 12. The van der Waals surface area contributed by atoms with Gasteiger partial charge in [-0.15, -0.1) is 0 Å². The highest BCUT2D eigenvalue weighted by Crippen LogP contribution is 2.37. The largest absolute Gasteiger partial charge is 0.493 e. The molecule has 1 amide bonds. The molecule has 218 valence electrons. The molecule has 8 nitrogen and oxygen atoms in total. The first-order chi connectivity index (χ1) is 20.1. The number of sulfonamides is 1. The predicted molar refractivity (Wildman–Crippen MR) is 178 cm³/mol. The molecule has 0 aliphatic heterocycles. The van der Waals surface area contributed by atoms with E-state index < -0.39 is 22.0 Å². The normalized spacial score (nSPS) is 12.2. The summed E-state index contributed by atoms with van der Waals surface area (Å²) >= 11 is 9.05. The third kappa shape index (κ3) is 9.11. The van der Waals surface area contributed by atoms with E-state index in [4.69, 9.17) is 9.47 Å². The van der Waals surface area contributed by atoms with Gasteiger partial charge in [0, 0.05) is 8.04 Å². The molecule has 0 radical (unpaired) electrons. The molecule has 0 saturated heterocycles. The Balaban J connectivity index is 1.48. The standard InChI is InChI=1S/C30H26Br2IN3O5S/c1-40-28-17-22(15-26(32)29(28)41-19-21-7-9-23(31)10-8-21)18-34-35-30(37)27(16-20-5-3-2-4-6-20)36-42(38,39)25-13-11-24(33)12-14-25/h2-15,17-18,27,36H,16,19H2,1H3,(H,35,37)/b34-18-/t27-/m1/s1. The summed E-state index contributed by atoms with van der Waals surface area (Å²) in [4.78, 5) is 13.2. The lowest BCUT2D eigenvalue weighted by Gasteiger charge is -2.17. The third-order valence-electron chi connectivity index (χ3n) is 5.96. The fourth-order valence-corrected chi connectivity index (χ4v) is 6.24. The van der Waals surface area contributed by atoms with Gasteiger partial charge in [-0.1, -0.05) is 58.4 Å². The van der Waals surface area contributed by atoms with Crippen molar-refractivity contribution in [2.75, 3.05) is 7.11 Å². The van der Waals surface area contributed by atoms with Gasteiger partial charge in [-0.05, 0) is 110 Å². The van der Waals surface area contributed by atoms with Crippen molar-refractivity contribution >= 4 is 76.6 Å². The fourth-order valence-electron chi connectivity index (χ4n) is 3.85. The first-order valence-corrected chi connectivity index (χ1v) is 16.7. The minimum Gasteiger partial charge on any atom is -0.493 e. The van der Waals surface area contributed by atoms with Crippen LogP contribution in [0.4, 0.5) is 0 Å². The molecule has 0 fully saturated rings. The van der Waals surface area contributed by atoms with Gasteiger partial charge in [0.05, 0.1) is 22.7 Å². The number of ether oxygens (including phenoxy) is 2. The molecule has 0 saturated carbocycles. The van der Waals surface area contributed by atoms with Crippen LogP contribution in [0.1, 0.15) is 16.7 Å². The maximum atomic E-state index is 13.2. The molecule has 0 unspecified atom stereocenters. The zero-order valence-electron chi connectivity index (χ0n) is 22.3. The van der Waals surface area contributed by atoms with Crippen molar-refractivity contribution in [3.05, 3.63) is 120 Å². The Hall–Kier alpha value is -2.78. The number of hydrazone groups is 1. The summed E-state index contributed by atoms with van der Waals surface area (Å²) in [6.07, 6.45) is 1.58. The first kappa shape index (κ1) is 32.1. The number of nitrogens with zero attached hydrogens (tertiary/aromatic N) is 1. The van der Waals surface area contributed by atoms with Gasteiger partial charge in [0.2, 0.25) is 10.0 Å². The molecule has 4 rings (SSSR count). The van der Waals surface area contributed by atoms with Crippen LogP contribution in [-0.4, -0.2) is 33.7 Å². The van der Waals surface area contributed by atoms with E-state index in [0.29, 0.717) is 28.1 Å². The van der Waals surface area contributed by atoms with Crippen LogP contribution in [0.2, 0.25) is 0 Å². The van der Waals surface area contributed by atoms with Crippen LogP contribution in [0.5, 0.6) is 11.5 Å². The molecule has 12 heteroatoms. The lowest BCUT2D eigenvalue weighted by Crippen LogP contribution is -2.46. The fraction of sp³-hybridized carbons (Fsp3) is 0.133. The number of nitrogens with one attached hydrogen (secondary N) is 2. The topological polar surface area (TPSA) is 106 Å². The Morgan fingerprint density at radius 2 is 1.67 bits per heavy atom. The first-order valence-electron chi connectivity index (χ1n) is 12.5. The molecule has 1 atom stereocenters. The molecule has 4 aromatic carbocycles. The molecule has 42 heavy (non-hydrogen) atoms. The van der Waals surface area contributed by atoms with Crippen LogP contribution in [0, 0.1) is 3.57 Å². The van der Waals surface area contributed by atoms with Crippen LogP contribution in [-0.2, 0) is 27.8 Å². The quantitative estimate of drug-likeness (QED) is 0.0973. The Bertz CT molecular complexity index is 1650. The van der Waals surface area contributed by atoms with Crippen LogP contribution in [0.25, 0.3) is 0 Å². The summed E-state index contributed by atoms with van der Waals surface area (Å²) in [6.45, 7) is 0.340. The van der Waals surface area contributed by atoms with E-state index in [1.54, 1.807) is 24.3 Å². The Morgan fingerprint density at radius 3 is 2.33 bits per heavy atom. The van der Waals surface area contributed by atoms with Crippen LogP contribution in [0.15, 0.2) is 110 Å². The molecule has 0 spiro atoms. The monoisotopic (exact) mass is 825 g/mol. The van der Waals surface area contributed by atoms with Gasteiger partial charge < -0.3 is 9.47 Å². The summed E-state index contributed by atoms with van der Waals surface area (Å²) in [7, 11) is -2.44. The summed E-state index contributed by atoms with van der Waals surface area (Å²) < 4.78 is 42.7. The second-order valence-corrected chi connectivity index (χ2v) is 13.7. The lowest BCUT2D eigenvalue weighted by molar-refractivity contribution is -0.122. The third-order valence-corrected chi connectivity index (χ3v) is 9.28. The molecule has 2 N–H and O–H groups in total. The smallest absolute Gasteiger partial charge is 0.258 e. The molecule has 0 aromatic heterocycles. The van der Waals surface area contributed by atoms with E-state index in [2.05, 4.69) is 69.7 Å². The highest BCUT2D eigenvalue weighted by atomic mass is 127. The van der Waals surface area contributed by atoms with Crippen molar-refractivity contribution < 1.29 is 22.7 Å². The number of hydrogen-bond donors (Lipinski definition) is 2. The second kappa shape index (κ2) is 15.1. The summed E-state index contributed by atoms with van der Waals surface area (Å²) in [5.74, 6) is 0.390. The highest BCUT2D eigenvalue weighted by Gasteiger charge is 2.26. The minimum atomic E-state index is -3.97. The lowest BCUT2D eigenvalue weighted by atomic mass is 10.1. The Labute approximate surface area is 275 Å². The van der Waals surface area contributed by atoms with Gasteiger partial charge in [-0.2, -0.15) is 9.82 Å². The molecular weight excluding hydrogens is 801 g/mol.